The molecule has 30 valence electrons. The summed E-state index contributed by atoms with van der Waals surface area (Å²) in [5.41, 5.74) is 0. The summed E-state index contributed by atoms with van der Waals surface area (Å²) in [4.78, 5) is 0. The summed E-state index contributed by atoms with van der Waals surface area (Å²) in [5.74, 6) is 0. The van der Waals surface area contributed by atoms with Gasteiger partial charge in [0.25, 0.3) is 0 Å². The molecule has 0 aliphatic heterocycles. The van der Waals surface area contributed by atoms with Gasteiger partial charge in [-0.15, -0.1) is 0 Å². The van der Waals surface area contributed by atoms with Gasteiger partial charge >= 0.3 is 24.2 Å². The summed E-state index contributed by atoms with van der Waals surface area (Å²) in [7, 11) is 1.12. The predicted octanol–water partition coefficient (Wildman–Crippen LogP) is -1.19. The van der Waals surface area contributed by atoms with Gasteiger partial charge in [0.15, 0.2) is 0 Å². The van der Waals surface area contributed by atoms with Crippen molar-refractivity contribution in [3.05, 3.63) is 0 Å². The second-order valence-electron chi connectivity index (χ2n) is 0. The molecular weight excluding hydrogens is 194 g/mol. The molecule has 0 heterocycles. The van der Waals surface area contributed by atoms with Crippen molar-refractivity contribution in [2.24, 2.45) is 0 Å². The van der Waals surface area contributed by atoms with Crippen molar-refractivity contribution in [3.63, 3.8) is 0 Å². The Morgan fingerprint density at radius 1 is 1.25 bits per heavy atom. The maximum absolute atomic E-state index is 3.08. The van der Waals surface area contributed by atoms with E-state index in [0.29, 0.717) is 0 Å². The molecule has 0 atom stereocenters. The van der Waals surface area contributed by atoms with Crippen LogP contribution in [0.4, 0.5) is 0 Å². The van der Waals surface area contributed by atoms with Crippen LogP contribution in [-0.2, 0) is 49.2 Å². The zero-order chi connectivity index (χ0) is 2.00. The van der Waals surface area contributed by atoms with E-state index in [4.69, 9.17) is 0 Å². The zero-order valence-corrected chi connectivity index (χ0v) is 7.55. The number of hydrogen-bond acceptors (Lipinski definition) is 0. The van der Waals surface area contributed by atoms with Gasteiger partial charge in [0.1, 0.15) is 0 Å². The van der Waals surface area contributed by atoms with Crippen LogP contribution in [0.25, 0.3) is 0 Å². The molecule has 0 rings (SSSR count). The fraction of sp³-hybridized carbons (Fsp3) is 0. The average Bonchev–Trinajstić information content (AvgIpc) is 1.00. The average molecular weight is 197 g/mol. The molecule has 4 heavy (non-hydrogen) atoms. The molecule has 0 saturated carbocycles. The summed E-state index contributed by atoms with van der Waals surface area (Å²) in [6.45, 7) is 0. The van der Waals surface area contributed by atoms with E-state index in [9.17, 15) is 0 Å². The topological polar surface area (TPSA) is 0 Å². The van der Waals surface area contributed by atoms with Gasteiger partial charge in [-0.3, -0.25) is 0 Å². The fourth-order valence-corrected chi connectivity index (χ4v) is 0. The summed E-state index contributed by atoms with van der Waals surface area (Å²) in [6, 6.07) is 0. The molecule has 0 unspecified atom stereocenters. The van der Waals surface area contributed by atoms with Crippen LogP contribution < -0.4 is 0 Å². The van der Waals surface area contributed by atoms with Gasteiger partial charge in [0.05, 0.1) is 0 Å². The third kappa shape index (κ3) is 9.24. The Morgan fingerprint density at radius 2 is 1.25 bits per heavy atom. The van der Waals surface area contributed by atoms with Crippen molar-refractivity contribution in [2.45, 2.75) is 0 Å². The predicted molar refractivity (Wildman–Crippen MR) is 9.94 cm³/mol. The van der Waals surface area contributed by atoms with E-state index >= 15 is 0 Å². The Morgan fingerprint density at radius 3 is 1.25 bits per heavy atom. The second-order valence-corrected chi connectivity index (χ2v) is 0. The quantitative estimate of drug-likeness (QED) is 0.428. The first-order chi connectivity index (χ1) is 1.00. The van der Waals surface area contributed by atoms with Crippen molar-refractivity contribution in [1.82, 2.24) is 0 Å². The van der Waals surface area contributed by atoms with Crippen molar-refractivity contribution < 1.29 is 49.2 Å². The van der Waals surface area contributed by atoms with Gasteiger partial charge in [0.2, 0.25) is 0 Å². The van der Waals surface area contributed by atoms with Gasteiger partial charge in [0, 0.05) is 33.9 Å². The third-order valence-corrected chi connectivity index (χ3v) is 0. The third-order valence-electron chi connectivity index (χ3n) is 0. The second kappa shape index (κ2) is 21.7. The van der Waals surface area contributed by atoms with Crippen molar-refractivity contribution in [1.29, 1.82) is 0 Å². The van der Waals surface area contributed by atoms with Gasteiger partial charge in [-0.1, -0.05) is 0 Å². The van der Waals surface area contributed by atoms with Crippen LogP contribution in [0.15, 0.2) is 0 Å². The monoisotopic (exact) mass is 196 g/mol. The molecule has 0 aliphatic carbocycles. The summed E-state index contributed by atoms with van der Waals surface area (Å²) >= 11 is 3.08. The van der Waals surface area contributed by atoms with E-state index in [1.165, 1.54) is 0 Å². The molecule has 0 aromatic heterocycles. The summed E-state index contributed by atoms with van der Waals surface area (Å²) in [5, 5.41) is 0. The zero-order valence-electron chi connectivity index (χ0n) is 2.10. The Labute approximate surface area is 57.8 Å². The molecule has 0 radical (unpaired) electrons. The number of rotatable bonds is 0. The van der Waals surface area contributed by atoms with Gasteiger partial charge in [-0.05, 0) is 0 Å². The summed E-state index contributed by atoms with van der Waals surface area (Å²) in [6.07, 6.45) is 0. The molecule has 0 saturated heterocycles. The van der Waals surface area contributed by atoms with E-state index in [1.807, 2.05) is 0 Å². The van der Waals surface area contributed by atoms with Crippen molar-refractivity contribution in [2.75, 3.05) is 0 Å². The van der Waals surface area contributed by atoms with E-state index in [0.717, 1.165) is 8.85 Å². The molecule has 0 aromatic rings. The van der Waals surface area contributed by atoms with Gasteiger partial charge < -0.3 is 0 Å². The minimum atomic E-state index is 0. The van der Waals surface area contributed by atoms with Gasteiger partial charge in [-0.25, -0.2) is 0 Å². The first-order valence-corrected chi connectivity index (χ1v) is 4.68. The fourth-order valence-electron chi connectivity index (χ4n) is 0. The Hall–Kier alpha value is 1.76. The Balaban J connectivity index is -0.00000000500. The first kappa shape index (κ1) is 17.1. The van der Waals surface area contributed by atoms with Crippen LogP contribution in [0.1, 0.15) is 0 Å². The van der Waals surface area contributed by atoms with Crippen molar-refractivity contribution in [3.8, 4) is 0 Å². The van der Waals surface area contributed by atoms with E-state index < -0.39 is 0 Å². The molecule has 0 nitrogen and oxygen atoms in total. The Kier molecular flexibility index (Phi) is 92.9. The van der Waals surface area contributed by atoms with Crippen molar-refractivity contribution >= 4 is 8.85 Å². The van der Waals surface area contributed by atoms with E-state index in [2.05, 4.69) is 15.4 Å². The van der Waals surface area contributed by atoms with Crippen LogP contribution in [-0.4, -0.2) is 8.85 Å². The molecule has 0 aromatic carbocycles. The molecule has 0 spiro atoms. The standard InChI is InChI=1S/Cr.Mn.Ni.H3Si/h;;;1H3. The molecular formula is H3CrMnNiSi. The first-order valence-electron chi connectivity index (χ1n) is 0.378. The van der Waals surface area contributed by atoms with Crippen LogP contribution in [0.2, 0.25) is 0 Å². The Bertz CT molecular complexity index is 8.00. The van der Waals surface area contributed by atoms with Crippen LogP contribution in [0, 0.1) is 0 Å². The molecule has 0 amide bonds. The normalized spacial score (nSPS) is 2.25. The van der Waals surface area contributed by atoms with E-state index in [1.54, 1.807) is 0 Å². The SMILES string of the molecule is [Cr].[Ni].[SiH3][Mn]. The minimum absolute atomic E-state index is 0. The van der Waals surface area contributed by atoms with Crippen LogP contribution >= 0.6 is 0 Å². The number of hydrogen-bond donors (Lipinski definition) is 0. The molecule has 0 aliphatic rings. The maximum atomic E-state index is 3.08. The molecule has 4 heteroatoms. The summed E-state index contributed by atoms with van der Waals surface area (Å²) < 4.78 is 0. The molecule has 0 fully saturated rings. The van der Waals surface area contributed by atoms with Crippen LogP contribution in [0.3, 0.4) is 0 Å². The van der Waals surface area contributed by atoms with E-state index in [-0.39, 0.29) is 33.9 Å². The van der Waals surface area contributed by atoms with Gasteiger partial charge in [-0.2, -0.15) is 0 Å². The molecule has 0 N–H and O–H groups in total. The molecule has 0 bridgehead atoms. The van der Waals surface area contributed by atoms with Crippen LogP contribution in [0.5, 0.6) is 0 Å².